The number of imidazole rings is 1. The van der Waals surface area contributed by atoms with Crippen molar-refractivity contribution in [2.24, 2.45) is 17.3 Å². The third-order valence-electron chi connectivity index (χ3n) is 5.17. The largest absolute Gasteiger partial charge is 0.441 e. The van der Waals surface area contributed by atoms with Gasteiger partial charge in [-0.05, 0) is 61.9 Å². The molecule has 0 atom stereocenters. The van der Waals surface area contributed by atoms with Crippen LogP contribution in [0.2, 0.25) is 0 Å². The second-order valence-electron chi connectivity index (χ2n) is 7.38. The summed E-state index contributed by atoms with van der Waals surface area (Å²) in [6.45, 7) is 4.71. The molecule has 2 aromatic heterocycles. The van der Waals surface area contributed by atoms with E-state index >= 15 is 0 Å². The van der Waals surface area contributed by atoms with Crippen molar-refractivity contribution in [1.29, 1.82) is 0 Å². The van der Waals surface area contributed by atoms with Crippen molar-refractivity contribution in [2.75, 3.05) is 7.11 Å². The molecule has 0 N–H and O–H groups in total. The first-order valence-electron chi connectivity index (χ1n) is 9.24. The summed E-state index contributed by atoms with van der Waals surface area (Å²) >= 11 is 0. The van der Waals surface area contributed by atoms with Crippen molar-refractivity contribution in [2.45, 2.75) is 33.2 Å². The normalized spacial score (nSPS) is 15.4. The molecule has 28 heavy (non-hydrogen) atoms. The molecule has 0 bridgehead atoms. The third kappa shape index (κ3) is 3.49. The van der Waals surface area contributed by atoms with Crippen LogP contribution in [0.25, 0.3) is 22.2 Å². The minimum absolute atomic E-state index is 0.0233. The van der Waals surface area contributed by atoms with Gasteiger partial charge in [-0.1, -0.05) is 10.9 Å². The molecule has 1 aliphatic rings. The summed E-state index contributed by atoms with van der Waals surface area (Å²) in [5, 5.41) is 0. The van der Waals surface area contributed by atoms with Crippen LogP contribution in [0.3, 0.4) is 0 Å². The zero-order chi connectivity index (χ0) is 20.0. The first-order chi connectivity index (χ1) is 13.4. The van der Waals surface area contributed by atoms with E-state index in [1.165, 1.54) is 20.0 Å². The molecule has 0 spiro atoms. The molecule has 1 aliphatic carbocycles. The highest BCUT2D eigenvalue weighted by atomic mass is 32.2. The molecule has 1 fully saturated rings. The van der Waals surface area contributed by atoms with Crippen molar-refractivity contribution in [3.63, 3.8) is 0 Å². The Kier molecular flexibility index (Phi) is 4.84. The minimum Gasteiger partial charge on any atom is -0.441 e. The van der Waals surface area contributed by atoms with E-state index in [-0.39, 0.29) is 5.56 Å². The molecule has 1 saturated carbocycles. The maximum Gasteiger partial charge on any atom is 0.253 e. The van der Waals surface area contributed by atoms with Crippen LogP contribution in [0.4, 0.5) is 5.69 Å². The number of fused-ring (bicyclic) bond motifs is 1. The van der Waals surface area contributed by atoms with Gasteiger partial charge in [0.05, 0.1) is 11.2 Å². The first-order valence-corrected chi connectivity index (χ1v) is 10.3. The van der Waals surface area contributed by atoms with Gasteiger partial charge in [-0.3, -0.25) is 4.79 Å². The topological polar surface area (TPSA) is 78.5 Å². The van der Waals surface area contributed by atoms with E-state index < -0.39 is 10.9 Å². The molecular weight excluding hydrogens is 376 g/mol. The van der Waals surface area contributed by atoms with Crippen LogP contribution in [0.15, 0.2) is 33.6 Å². The lowest BCUT2D eigenvalue weighted by molar-refractivity contribution is 0.438. The minimum atomic E-state index is -1.79. The smallest absolute Gasteiger partial charge is 0.253 e. The molecule has 3 aromatic rings. The standard InChI is InChI=1S/C20H23N4O3S/c1-12-7-16(11-23(3)20(12)25)15-8-17(22-28(26)27-4)19-18(9-15)24(13(2)21-19)10-14-5-6-14/h7-9,11,14H,5-6,10H2,1-4H3/q-1. The fraction of sp³-hybridized carbons (Fsp3) is 0.400. The van der Waals surface area contributed by atoms with Gasteiger partial charge in [0.25, 0.3) is 5.56 Å². The van der Waals surface area contributed by atoms with Crippen LogP contribution in [0.5, 0.6) is 0 Å². The molecule has 4 rings (SSSR count). The molecule has 0 saturated heterocycles. The molecule has 0 amide bonds. The van der Waals surface area contributed by atoms with Gasteiger partial charge >= 0.3 is 0 Å². The Labute approximate surface area is 165 Å². The van der Waals surface area contributed by atoms with Gasteiger partial charge in [0.2, 0.25) is 0 Å². The second kappa shape index (κ2) is 7.18. The Bertz CT molecular complexity index is 1190. The molecular formula is C20H23N4O3S-. The fourth-order valence-electron chi connectivity index (χ4n) is 3.50. The molecule has 0 aliphatic heterocycles. The maximum absolute atomic E-state index is 12.1. The van der Waals surface area contributed by atoms with Crippen LogP contribution in [-0.4, -0.2) is 21.2 Å². The second-order valence-corrected chi connectivity index (χ2v) is 8.33. The number of benzene rings is 1. The monoisotopic (exact) mass is 399 g/mol. The van der Waals surface area contributed by atoms with Crippen LogP contribution in [0, 0.1) is 19.8 Å². The summed E-state index contributed by atoms with van der Waals surface area (Å²) in [5.74, 6) is 1.60. The summed E-state index contributed by atoms with van der Waals surface area (Å²) in [5.41, 5.74) is 4.64. The van der Waals surface area contributed by atoms with Gasteiger partial charge in [0, 0.05) is 32.5 Å². The Morgan fingerprint density at radius 2 is 2.00 bits per heavy atom. The fourth-order valence-corrected chi connectivity index (χ4v) is 3.87. The molecule has 2 heterocycles. The number of nitrogens with zero attached hydrogens (tertiary/aromatic N) is 4. The average molecular weight is 399 g/mol. The molecule has 0 unspecified atom stereocenters. The lowest BCUT2D eigenvalue weighted by Gasteiger charge is -2.11. The van der Waals surface area contributed by atoms with E-state index in [0.29, 0.717) is 22.7 Å². The van der Waals surface area contributed by atoms with Gasteiger partial charge in [-0.25, -0.2) is 4.98 Å². The third-order valence-corrected chi connectivity index (χ3v) is 5.80. The van der Waals surface area contributed by atoms with Gasteiger partial charge in [-0.15, -0.1) is 0 Å². The highest BCUT2D eigenvalue weighted by molar-refractivity contribution is 7.69. The van der Waals surface area contributed by atoms with Crippen LogP contribution in [0.1, 0.15) is 24.2 Å². The van der Waals surface area contributed by atoms with E-state index in [4.69, 9.17) is 4.18 Å². The van der Waals surface area contributed by atoms with Crippen LogP contribution < -0.4 is 5.56 Å². The summed E-state index contributed by atoms with van der Waals surface area (Å²) in [4.78, 5) is 16.8. The zero-order valence-corrected chi connectivity index (χ0v) is 17.2. The predicted octanol–water partition coefficient (Wildman–Crippen LogP) is 3.77. The predicted molar refractivity (Wildman–Crippen MR) is 110 cm³/mol. The molecule has 0 radical (unpaired) electrons. The van der Waals surface area contributed by atoms with Gasteiger partial charge in [0.15, 0.2) is 0 Å². The van der Waals surface area contributed by atoms with Crippen molar-refractivity contribution < 1.29 is 8.39 Å². The van der Waals surface area contributed by atoms with E-state index in [1.807, 2.05) is 25.3 Å². The lowest BCUT2D eigenvalue weighted by Crippen LogP contribution is -2.18. The summed E-state index contributed by atoms with van der Waals surface area (Å²) in [7, 11) is 1.31. The quantitative estimate of drug-likeness (QED) is 0.612. The molecule has 8 heteroatoms. The van der Waals surface area contributed by atoms with Crippen molar-refractivity contribution in [3.05, 3.63) is 46.1 Å². The molecule has 1 aromatic carbocycles. The van der Waals surface area contributed by atoms with E-state index in [1.54, 1.807) is 18.5 Å². The highest BCUT2D eigenvalue weighted by Crippen LogP contribution is 2.36. The van der Waals surface area contributed by atoms with Gasteiger partial charge in [-0.2, -0.15) is 0 Å². The van der Waals surface area contributed by atoms with Crippen molar-refractivity contribution in [3.8, 4) is 11.1 Å². The van der Waals surface area contributed by atoms with Crippen molar-refractivity contribution >= 4 is 27.6 Å². The van der Waals surface area contributed by atoms with Crippen molar-refractivity contribution in [1.82, 2.24) is 14.1 Å². The highest BCUT2D eigenvalue weighted by Gasteiger charge is 2.24. The zero-order valence-electron chi connectivity index (χ0n) is 16.4. The Morgan fingerprint density at radius 1 is 1.25 bits per heavy atom. The molecule has 148 valence electrons. The molecule has 7 nitrogen and oxygen atoms in total. The lowest BCUT2D eigenvalue weighted by atomic mass is 10.0. The maximum atomic E-state index is 12.1. The Hall–Kier alpha value is -2.45. The number of aryl methyl sites for hydroxylation is 3. The van der Waals surface area contributed by atoms with Gasteiger partial charge in [0.1, 0.15) is 11.3 Å². The number of hydrogen-bond donors (Lipinski definition) is 0. The van der Waals surface area contributed by atoms with Gasteiger partial charge < -0.3 is 21.9 Å². The summed E-state index contributed by atoms with van der Waals surface area (Å²) in [6.07, 6.45) is 4.29. The van der Waals surface area contributed by atoms with E-state index in [9.17, 15) is 9.00 Å². The number of hydrogen-bond acceptors (Lipinski definition) is 6. The SMILES string of the molecule is CO[S-](=O)=Nc1cc(-c2cc(C)c(=O)n(C)c2)cc2c1nc(C)n2CC1CC1. The first kappa shape index (κ1) is 18.9. The van der Waals surface area contributed by atoms with E-state index in [2.05, 4.69) is 20.0 Å². The van der Waals surface area contributed by atoms with Crippen LogP contribution in [-0.2, 0) is 32.9 Å². The number of aromatic nitrogens is 3. The number of rotatable bonds is 5. The van der Waals surface area contributed by atoms with E-state index in [0.717, 1.165) is 29.0 Å². The number of pyridine rings is 1. The Morgan fingerprint density at radius 3 is 2.64 bits per heavy atom. The average Bonchev–Trinajstić information content (AvgIpc) is 3.43. The Balaban J connectivity index is 1.98. The summed E-state index contributed by atoms with van der Waals surface area (Å²) < 4.78 is 24.8. The summed E-state index contributed by atoms with van der Waals surface area (Å²) in [6, 6.07) is 5.80. The van der Waals surface area contributed by atoms with Crippen LogP contribution >= 0.6 is 0 Å².